The van der Waals surface area contributed by atoms with Crippen LogP contribution in [0.2, 0.25) is 0 Å². The van der Waals surface area contributed by atoms with E-state index < -0.39 is 0 Å². The Balaban J connectivity index is 3.54. The molecule has 0 heterocycles. The van der Waals surface area contributed by atoms with E-state index in [4.69, 9.17) is 9.47 Å². The third-order valence-electron chi connectivity index (χ3n) is 2.81. The van der Waals surface area contributed by atoms with E-state index in [0.29, 0.717) is 26.2 Å². The molecule has 1 unspecified atom stereocenters. The summed E-state index contributed by atoms with van der Waals surface area (Å²) in [6, 6.07) is 0.257. The number of ether oxygens (including phenoxy) is 2. The van der Waals surface area contributed by atoms with E-state index in [1.807, 2.05) is 20.8 Å². The smallest absolute Gasteiger partial charge is 0.221 e. The van der Waals surface area contributed by atoms with Crippen molar-refractivity contribution in [3.05, 3.63) is 0 Å². The number of hydrogen-bond acceptors (Lipinski definition) is 4. The second kappa shape index (κ2) is 12.4. The molecular weight excluding hydrogens is 244 g/mol. The fourth-order valence-electron chi connectivity index (χ4n) is 1.58. The van der Waals surface area contributed by atoms with Crippen LogP contribution in [0.1, 0.15) is 47.0 Å². The van der Waals surface area contributed by atoms with Crippen molar-refractivity contribution in [3.8, 4) is 0 Å². The summed E-state index contributed by atoms with van der Waals surface area (Å²) in [5.41, 5.74) is 0. The van der Waals surface area contributed by atoms with Crippen LogP contribution in [0.3, 0.4) is 0 Å². The first-order valence-corrected chi connectivity index (χ1v) is 7.37. The molecule has 5 heteroatoms. The van der Waals surface area contributed by atoms with Crippen molar-refractivity contribution >= 4 is 5.91 Å². The van der Waals surface area contributed by atoms with Gasteiger partial charge in [-0.2, -0.15) is 0 Å². The van der Waals surface area contributed by atoms with Crippen LogP contribution in [0.25, 0.3) is 0 Å². The van der Waals surface area contributed by atoms with E-state index in [0.717, 1.165) is 19.4 Å². The van der Waals surface area contributed by atoms with Crippen LogP contribution >= 0.6 is 0 Å². The highest BCUT2D eigenvalue weighted by Crippen LogP contribution is 1.99. The molecule has 0 aliphatic heterocycles. The number of amides is 1. The lowest BCUT2D eigenvalue weighted by molar-refractivity contribution is -0.138. The summed E-state index contributed by atoms with van der Waals surface area (Å²) < 4.78 is 10.9. The van der Waals surface area contributed by atoms with Gasteiger partial charge in [0.2, 0.25) is 5.91 Å². The minimum Gasteiger partial charge on any atom is -0.354 e. The van der Waals surface area contributed by atoms with Gasteiger partial charge in [-0.15, -0.1) is 0 Å². The number of hydrogen-bond donors (Lipinski definition) is 2. The second-order valence-electron chi connectivity index (χ2n) is 4.51. The van der Waals surface area contributed by atoms with Crippen LogP contribution in [0.5, 0.6) is 0 Å². The summed E-state index contributed by atoms with van der Waals surface area (Å²) >= 11 is 0. The molecule has 1 atom stereocenters. The van der Waals surface area contributed by atoms with Gasteiger partial charge in [-0.1, -0.05) is 6.92 Å². The third-order valence-corrected chi connectivity index (χ3v) is 2.81. The average molecular weight is 274 g/mol. The number of carbonyl (C=O) groups excluding carboxylic acids is 1. The van der Waals surface area contributed by atoms with Gasteiger partial charge in [-0.3, -0.25) is 4.79 Å². The lowest BCUT2D eigenvalue weighted by Gasteiger charge is -2.17. The zero-order chi connectivity index (χ0) is 14.5. The fraction of sp³-hybridized carbons (Fsp3) is 0.929. The Morgan fingerprint density at radius 2 is 1.74 bits per heavy atom. The van der Waals surface area contributed by atoms with Crippen LogP contribution in [0, 0.1) is 0 Å². The summed E-state index contributed by atoms with van der Waals surface area (Å²) in [4.78, 5) is 11.5. The molecule has 2 N–H and O–H groups in total. The minimum atomic E-state index is -0.142. The summed E-state index contributed by atoms with van der Waals surface area (Å²) in [5, 5.41) is 6.18. The van der Waals surface area contributed by atoms with Crippen molar-refractivity contribution in [1.29, 1.82) is 0 Å². The van der Waals surface area contributed by atoms with E-state index in [9.17, 15) is 4.79 Å². The van der Waals surface area contributed by atoms with Crippen molar-refractivity contribution < 1.29 is 14.3 Å². The van der Waals surface area contributed by atoms with Crippen molar-refractivity contribution in [2.45, 2.75) is 59.3 Å². The van der Waals surface area contributed by atoms with E-state index in [2.05, 4.69) is 17.6 Å². The van der Waals surface area contributed by atoms with Gasteiger partial charge in [0.1, 0.15) is 0 Å². The van der Waals surface area contributed by atoms with Gasteiger partial charge in [-0.05, 0) is 33.7 Å². The lowest BCUT2D eigenvalue weighted by atomic mass is 10.2. The SMILES string of the molecule is CCOC(CCNCCC(=O)NC(C)CC)OCC. The first kappa shape index (κ1) is 18.4. The highest BCUT2D eigenvalue weighted by atomic mass is 16.7. The zero-order valence-electron chi connectivity index (χ0n) is 12.8. The fourth-order valence-corrected chi connectivity index (χ4v) is 1.58. The number of nitrogens with one attached hydrogen (secondary N) is 2. The van der Waals surface area contributed by atoms with Crippen molar-refractivity contribution in [1.82, 2.24) is 10.6 Å². The maximum atomic E-state index is 11.5. The summed E-state index contributed by atoms with van der Waals surface area (Å²) in [6.07, 6.45) is 2.13. The standard InChI is InChI=1S/C14H30N2O3/c1-5-12(4)16-13(17)8-10-15-11-9-14(18-6-2)19-7-3/h12,14-15H,5-11H2,1-4H3,(H,16,17). The van der Waals surface area contributed by atoms with Crippen molar-refractivity contribution in [2.75, 3.05) is 26.3 Å². The van der Waals surface area contributed by atoms with Gasteiger partial charge < -0.3 is 20.1 Å². The number of carbonyl (C=O) groups is 1. The van der Waals surface area contributed by atoms with Gasteiger partial charge >= 0.3 is 0 Å². The van der Waals surface area contributed by atoms with Crippen molar-refractivity contribution in [2.24, 2.45) is 0 Å². The molecule has 0 aromatic carbocycles. The molecule has 0 fully saturated rings. The molecule has 19 heavy (non-hydrogen) atoms. The Labute approximate surface area is 117 Å². The zero-order valence-corrected chi connectivity index (χ0v) is 12.8. The molecule has 0 saturated carbocycles. The molecule has 0 spiro atoms. The van der Waals surface area contributed by atoms with Crippen LogP contribution in [-0.2, 0) is 14.3 Å². The monoisotopic (exact) mass is 274 g/mol. The Kier molecular flexibility index (Phi) is 12.0. The molecule has 0 saturated heterocycles. The lowest BCUT2D eigenvalue weighted by Crippen LogP contribution is -2.34. The third kappa shape index (κ3) is 10.9. The minimum absolute atomic E-state index is 0.105. The second-order valence-corrected chi connectivity index (χ2v) is 4.51. The van der Waals surface area contributed by atoms with Crippen molar-refractivity contribution in [3.63, 3.8) is 0 Å². The predicted octanol–water partition coefficient (Wildman–Crippen LogP) is 1.67. The Morgan fingerprint density at radius 3 is 2.26 bits per heavy atom. The van der Waals surface area contributed by atoms with Gasteiger partial charge in [0, 0.05) is 38.6 Å². The van der Waals surface area contributed by atoms with E-state index in [1.54, 1.807) is 0 Å². The molecule has 0 radical (unpaired) electrons. The van der Waals surface area contributed by atoms with E-state index >= 15 is 0 Å². The Morgan fingerprint density at radius 1 is 1.11 bits per heavy atom. The largest absolute Gasteiger partial charge is 0.354 e. The number of rotatable bonds is 12. The highest BCUT2D eigenvalue weighted by molar-refractivity contribution is 5.76. The normalized spacial score (nSPS) is 12.7. The topological polar surface area (TPSA) is 59.6 Å². The molecule has 1 amide bonds. The van der Waals surface area contributed by atoms with Gasteiger partial charge in [0.05, 0.1) is 0 Å². The summed E-state index contributed by atoms with van der Waals surface area (Å²) in [6.45, 7) is 10.8. The van der Waals surface area contributed by atoms with Crippen LogP contribution < -0.4 is 10.6 Å². The van der Waals surface area contributed by atoms with Crippen LogP contribution in [-0.4, -0.2) is 44.5 Å². The summed E-state index contributed by atoms with van der Waals surface area (Å²) in [5.74, 6) is 0.105. The Hall–Kier alpha value is -0.650. The predicted molar refractivity (Wildman–Crippen MR) is 77.0 cm³/mol. The molecule has 0 bridgehead atoms. The van der Waals surface area contributed by atoms with Gasteiger partial charge in [-0.25, -0.2) is 0 Å². The van der Waals surface area contributed by atoms with Gasteiger partial charge in [0.15, 0.2) is 6.29 Å². The first-order chi connectivity index (χ1) is 9.13. The molecule has 0 aliphatic rings. The molecular formula is C14H30N2O3. The highest BCUT2D eigenvalue weighted by Gasteiger charge is 2.08. The van der Waals surface area contributed by atoms with Gasteiger partial charge in [0.25, 0.3) is 0 Å². The first-order valence-electron chi connectivity index (χ1n) is 7.37. The average Bonchev–Trinajstić information content (AvgIpc) is 2.38. The summed E-state index contributed by atoms with van der Waals surface area (Å²) in [7, 11) is 0. The molecule has 0 aliphatic carbocycles. The molecule has 0 aromatic heterocycles. The van der Waals surface area contributed by atoms with Crippen LogP contribution in [0.4, 0.5) is 0 Å². The molecule has 5 nitrogen and oxygen atoms in total. The van der Waals surface area contributed by atoms with Crippen LogP contribution in [0.15, 0.2) is 0 Å². The molecule has 0 aromatic rings. The molecule has 114 valence electrons. The quantitative estimate of drug-likeness (QED) is 0.420. The van der Waals surface area contributed by atoms with E-state index in [-0.39, 0.29) is 18.2 Å². The maximum Gasteiger partial charge on any atom is 0.221 e. The Bertz CT molecular complexity index is 219. The molecule has 0 rings (SSSR count). The maximum absolute atomic E-state index is 11.5. The van der Waals surface area contributed by atoms with E-state index in [1.165, 1.54) is 0 Å².